The lowest BCUT2D eigenvalue weighted by molar-refractivity contribution is -0.131. The zero-order valence-corrected chi connectivity index (χ0v) is 23.0. The van der Waals surface area contributed by atoms with Gasteiger partial charge in [-0.05, 0) is 68.8 Å². The number of benzene rings is 2. The minimum absolute atomic E-state index is 0. The summed E-state index contributed by atoms with van der Waals surface area (Å²) in [6.07, 6.45) is 1.97. The Balaban J connectivity index is 0.00000320. The van der Waals surface area contributed by atoms with Crippen LogP contribution in [0.2, 0.25) is 5.02 Å². The van der Waals surface area contributed by atoms with Crippen molar-refractivity contribution in [1.82, 2.24) is 30.1 Å². The first-order chi connectivity index (χ1) is 17.4. The third-order valence-electron chi connectivity index (χ3n) is 6.57. The Hall–Kier alpha value is -2.92. The summed E-state index contributed by atoms with van der Waals surface area (Å²) in [5.74, 6) is 0.878. The van der Waals surface area contributed by atoms with Crippen molar-refractivity contribution in [2.45, 2.75) is 12.8 Å². The third kappa shape index (κ3) is 5.98. The fourth-order valence-corrected chi connectivity index (χ4v) is 5.68. The van der Waals surface area contributed by atoms with Gasteiger partial charge in [-0.2, -0.15) is 0 Å². The number of aromatic nitrogens is 3. The van der Waals surface area contributed by atoms with Crippen molar-refractivity contribution in [3.8, 4) is 0 Å². The molecule has 0 unspecified atom stereocenters. The summed E-state index contributed by atoms with van der Waals surface area (Å²) in [6.45, 7) is 2.43. The van der Waals surface area contributed by atoms with Crippen LogP contribution >= 0.6 is 35.3 Å². The van der Waals surface area contributed by atoms with Crippen LogP contribution in [-0.2, 0) is 11.8 Å². The van der Waals surface area contributed by atoms with Crippen LogP contribution in [-0.4, -0.2) is 64.5 Å². The Morgan fingerprint density at radius 3 is 2.65 bits per heavy atom. The van der Waals surface area contributed by atoms with Gasteiger partial charge < -0.3 is 25.4 Å². The Morgan fingerprint density at radius 2 is 1.89 bits per heavy atom. The van der Waals surface area contributed by atoms with Gasteiger partial charge in [0.1, 0.15) is 0 Å². The van der Waals surface area contributed by atoms with Gasteiger partial charge in [-0.25, -0.2) is 9.97 Å². The Labute approximate surface area is 230 Å². The van der Waals surface area contributed by atoms with Gasteiger partial charge in [0, 0.05) is 30.7 Å². The van der Waals surface area contributed by atoms with Gasteiger partial charge in [-0.15, -0.1) is 12.4 Å². The lowest BCUT2D eigenvalue weighted by atomic mass is 9.97. The number of fused-ring (bicyclic) bond motifs is 2. The molecule has 2 aromatic carbocycles. The molecule has 196 valence electrons. The van der Waals surface area contributed by atoms with E-state index in [2.05, 4.69) is 25.9 Å². The topological polar surface area (TPSA) is 104 Å². The number of thiazole rings is 1. The predicted octanol–water partition coefficient (Wildman–Crippen LogP) is 4.19. The van der Waals surface area contributed by atoms with E-state index in [-0.39, 0.29) is 30.8 Å². The molecule has 4 aromatic rings. The van der Waals surface area contributed by atoms with E-state index in [9.17, 15) is 9.59 Å². The van der Waals surface area contributed by atoms with Gasteiger partial charge >= 0.3 is 0 Å². The second-order valence-corrected chi connectivity index (χ2v) is 10.5. The lowest BCUT2D eigenvalue weighted by Crippen LogP contribution is -2.45. The summed E-state index contributed by atoms with van der Waals surface area (Å²) >= 11 is 7.58. The van der Waals surface area contributed by atoms with Crippen LogP contribution in [0.15, 0.2) is 36.4 Å². The van der Waals surface area contributed by atoms with Crippen molar-refractivity contribution in [2.75, 3.05) is 38.5 Å². The molecule has 1 aliphatic heterocycles. The van der Waals surface area contributed by atoms with E-state index in [4.69, 9.17) is 11.6 Å². The molecule has 0 saturated carbocycles. The zero-order valence-electron chi connectivity index (χ0n) is 20.6. The van der Waals surface area contributed by atoms with E-state index < -0.39 is 0 Å². The predicted molar refractivity (Wildman–Crippen MR) is 151 cm³/mol. The number of likely N-dealkylation sites (tertiary alicyclic amines) is 1. The number of carbonyl (C=O) groups excluding carboxylic acids is 2. The van der Waals surface area contributed by atoms with E-state index in [0.29, 0.717) is 33.1 Å². The number of nitrogens with zero attached hydrogens (tertiary/aromatic N) is 4. The molecule has 12 heteroatoms. The molecule has 0 atom stereocenters. The third-order valence-corrected chi connectivity index (χ3v) is 7.74. The van der Waals surface area contributed by atoms with Crippen molar-refractivity contribution in [3.63, 3.8) is 0 Å². The molecule has 1 fully saturated rings. The number of nitrogens with one attached hydrogen (secondary N) is 3. The van der Waals surface area contributed by atoms with Crippen LogP contribution < -0.4 is 16.0 Å². The zero-order chi connectivity index (χ0) is 25.2. The SMILES string of the molecule is CNCC1CCN(C(=O)CNC(=O)c2ccc3c(c2)nc(Nc2nc4ccc(Cl)cc4s2)n3C)CC1.Cl. The van der Waals surface area contributed by atoms with Gasteiger partial charge in [0.25, 0.3) is 5.91 Å². The minimum atomic E-state index is -0.293. The highest BCUT2D eigenvalue weighted by molar-refractivity contribution is 7.22. The maximum absolute atomic E-state index is 12.8. The Bertz CT molecular complexity index is 1430. The molecule has 2 amide bonds. The summed E-state index contributed by atoms with van der Waals surface area (Å²) < 4.78 is 2.90. The summed E-state index contributed by atoms with van der Waals surface area (Å²) in [4.78, 5) is 36.4. The molecular formula is C25H29Cl2N7O2S. The number of hydrogen-bond donors (Lipinski definition) is 3. The first kappa shape index (κ1) is 27.1. The summed E-state index contributed by atoms with van der Waals surface area (Å²) in [5.41, 5.74) is 2.87. The normalized spacial score (nSPS) is 14.1. The van der Waals surface area contributed by atoms with Gasteiger partial charge in [0.2, 0.25) is 11.9 Å². The smallest absolute Gasteiger partial charge is 0.251 e. The molecule has 1 aliphatic rings. The molecule has 0 aliphatic carbocycles. The molecule has 0 spiro atoms. The number of piperidine rings is 1. The monoisotopic (exact) mass is 561 g/mol. The van der Waals surface area contributed by atoms with Crippen molar-refractivity contribution in [3.05, 3.63) is 47.0 Å². The van der Waals surface area contributed by atoms with E-state index in [1.807, 2.05) is 47.8 Å². The number of imidazole rings is 1. The van der Waals surface area contributed by atoms with Crippen molar-refractivity contribution < 1.29 is 9.59 Å². The highest BCUT2D eigenvalue weighted by Crippen LogP contribution is 2.31. The fourth-order valence-electron chi connectivity index (χ4n) is 4.55. The molecule has 5 rings (SSSR count). The molecular weight excluding hydrogens is 533 g/mol. The van der Waals surface area contributed by atoms with E-state index in [1.54, 1.807) is 12.1 Å². The van der Waals surface area contributed by atoms with Crippen LogP contribution in [0.4, 0.5) is 11.1 Å². The second kappa shape index (κ2) is 11.6. The minimum Gasteiger partial charge on any atom is -0.343 e. The van der Waals surface area contributed by atoms with Gasteiger partial charge in [-0.1, -0.05) is 22.9 Å². The number of rotatable bonds is 7. The Kier molecular flexibility index (Phi) is 8.53. The molecule has 3 N–H and O–H groups in total. The van der Waals surface area contributed by atoms with Gasteiger partial charge in [0.05, 0.1) is 27.8 Å². The van der Waals surface area contributed by atoms with E-state index >= 15 is 0 Å². The van der Waals surface area contributed by atoms with Crippen LogP contribution in [0.5, 0.6) is 0 Å². The summed E-state index contributed by atoms with van der Waals surface area (Å²) in [7, 11) is 3.85. The van der Waals surface area contributed by atoms with E-state index in [1.165, 1.54) is 11.3 Å². The molecule has 37 heavy (non-hydrogen) atoms. The maximum Gasteiger partial charge on any atom is 0.251 e. The molecule has 9 nitrogen and oxygen atoms in total. The molecule has 2 aromatic heterocycles. The van der Waals surface area contributed by atoms with E-state index in [0.717, 1.165) is 48.2 Å². The highest BCUT2D eigenvalue weighted by Gasteiger charge is 2.23. The quantitative estimate of drug-likeness (QED) is 0.312. The second-order valence-electron chi connectivity index (χ2n) is 9.02. The molecule has 0 bridgehead atoms. The maximum atomic E-state index is 12.8. The van der Waals surface area contributed by atoms with Gasteiger partial charge in [0.15, 0.2) is 5.13 Å². The first-order valence-corrected chi connectivity index (χ1v) is 13.1. The van der Waals surface area contributed by atoms with Crippen LogP contribution in [0, 0.1) is 5.92 Å². The standard InChI is InChI=1S/C25H28ClN7O2S.ClH/c1-27-13-15-7-9-33(10-8-15)22(34)14-28-23(35)16-3-6-20-19(11-16)29-24(32(20)2)31-25-30-18-5-4-17(26)12-21(18)36-25;/h3-6,11-12,15,27H,7-10,13-14H2,1-2H3,(H,28,35)(H,29,30,31);1H. The largest absolute Gasteiger partial charge is 0.343 e. The van der Waals surface area contributed by atoms with Crippen molar-refractivity contribution >= 4 is 79.5 Å². The summed E-state index contributed by atoms with van der Waals surface area (Å²) in [5, 5.41) is 10.6. The van der Waals surface area contributed by atoms with Crippen LogP contribution in [0.25, 0.3) is 21.3 Å². The average molecular weight is 563 g/mol. The number of anilines is 2. The number of halogens is 2. The number of aryl methyl sites for hydroxylation is 1. The summed E-state index contributed by atoms with van der Waals surface area (Å²) in [6, 6.07) is 10.9. The molecule has 0 radical (unpaired) electrons. The number of hydrogen-bond acceptors (Lipinski definition) is 7. The number of carbonyl (C=O) groups is 2. The Morgan fingerprint density at radius 1 is 1.11 bits per heavy atom. The fraction of sp³-hybridized carbons (Fsp3) is 0.360. The highest BCUT2D eigenvalue weighted by atomic mass is 35.5. The van der Waals surface area contributed by atoms with Crippen molar-refractivity contribution in [2.24, 2.45) is 13.0 Å². The van der Waals surface area contributed by atoms with Crippen LogP contribution in [0.1, 0.15) is 23.2 Å². The van der Waals surface area contributed by atoms with Crippen LogP contribution in [0.3, 0.4) is 0 Å². The molecule has 3 heterocycles. The molecule has 1 saturated heterocycles. The number of amides is 2. The lowest BCUT2D eigenvalue weighted by Gasteiger charge is -2.32. The van der Waals surface area contributed by atoms with Gasteiger partial charge in [-0.3, -0.25) is 9.59 Å². The average Bonchev–Trinajstić information content (AvgIpc) is 3.42. The van der Waals surface area contributed by atoms with Crippen molar-refractivity contribution in [1.29, 1.82) is 0 Å². The first-order valence-electron chi connectivity index (χ1n) is 11.9.